The smallest absolute Gasteiger partial charge is 0.306 e. The van der Waals surface area contributed by atoms with Crippen LogP contribution in [0.5, 0.6) is 11.5 Å². The summed E-state index contributed by atoms with van der Waals surface area (Å²) in [5.41, 5.74) is 0.0382. The van der Waals surface area contributed by atoms with Crippen molar-refractivity contribution in [1.29, 1.82) is 0 Å². The number of ether oxygens (including phenoxy) is 4. The maximum atomic E-state index is 11.9. The molecule has 0 saturated heterocycles. The summed E-state index contributed by atoms with van der Waals surface area (Å²) in [5.74, 6) is 0.119. The molecule has 0 aliphatic carbocycles. The highest BCUT2D eigenvalue weighted by Gasteiger charge is 2.21. The third-order valence-electron chi connectivity index (χ3n) is 4.43. The second-order valence-corrected chi connectivity index (χ2v) is 10.4. The van der Waals surface area contributed by atoms with E-state index in [4.69, 9.17) is 23.1 Å². The van der Waals surface area contributed by atoms with Crippen LogP contribution in [0.25, 0.3) is 0 Å². The minimum absolute atomic E-state index is 0.0811. The van der Waals surface area contributed by atoms with E-state index < -0.39 is 28.0 Å². The van der Waals surface area contributed by atoms with Crippen LogP contribution < -0.4 is 9.47 Å². The van der Waals surface area contributed by atoms with Gasteiger partial charge in [0.05, 0.1) is 20.0 Å². The molecule has 0 fully saturated rings. The topological polar surface area (TPSA) is 114 Å². The lowest BCUT2D eigenvalue weighted by Gasteiger charge is -2.22. The van der Waals surface area contributed by atoms with Crippen molar-refractivity contribution in [3.8, 4) is 11.5 Å². The zero-order valence-electron chi connectivity index (χ0n) is 21.0. The van der Waals surface area contributed by atoms with Crippen molar-refractivity contribution in [2.24, 2.45) is 0 Å². The Morgan fingerprint density at radius 1 is 1.03 bits per heavy atom. The molecule has 0 bridgehead atoms. The molecule has 1 aromatic carbocycles. The predicted molar refractivity (Wildman–Crippen MR) is 127 cm³/mol. The molecule has 34 heavy (non-hydrogen) atoms. The summed E-state index contributed by atoms with van der Waals surface area (Å²) in [4.78, 5) is 23.7. The van der Waals surface area contributed by atoms with Gasteiger partial charge in [0.15, 0.2) is 0 Å². The van der Waals surface area contributed by atoms with Crippen molar-refractivity contribution in [2.75, 3.05) is 20.0 Å². The molecule has 0 aliphatic heterocycles. The van der Waals surface area contributed by atoms with E-state index >= 15 is 0 Å². The van der Waals surface area contributed by atoms with Crippen LogP contribution in [0, 0.1) is 0 Å². The fourth-order valence-electron chi connectivity index (χ4n) is 2.99. The van der Waals surface area contributed by atoms with E-state index in [0.29, 0.717) is 36.3 Å². The minimum atomic E-state index is -3.74. The Morgan fingerprint density at radius 3 is 2.29 bits per heavy atom. The zero-order valence-corrected chi connectivity index (χ0v) is 21.9. The van der Waals surface area contributed by atoms with Crippen molar-refractivity contribution >= 4 is 22.1 Å². The third kappa shape index (κ3) is 12.8. The monoisotopic (exact) mass is 502 g/mol. The number of carbonyl (C=O) groups is 2. The quantitative estimate of drug-likeness (QED) is 0.151. The van der Waals surface area contributed by atoms with E-state index in [1.54, 1.807) is 18.2 Å². The molecule has 194 valence electrons. The van der Waals surface area contributed by atoms with Gasteiger partial charge in [0, 0.05) is 24.8 Å². The maximum Gasteiger partial charge on any atom is 0.306 e. The van der Waals surface area contributed by atoms with Crippen LogP contribution in [0.4, 0.5) is 0 Å². The Labute approximate surface area is 203 Å². The second-order valence-electron chi connectivity index (χ2n) is 8.84. The molecule has 10 heteroatoms. The van der Waals surface area contributed by atoms with Crippen molar-refractivity contribution in [1.82, 2.24) is 0 Å². The van der Waals surface area contributed by atoms with Crippen LogP contribution in [0.2, 0.25) is 0 Å². The number of hydrogen-bond donors (Lipinski definition) is 0. The standard InChI is InChI=1S/C24H38O9S/c1-7-8-14-23(33-34(6,27)28)31-20-12-9-11-19(18(20)15-16-21(25)29-5)30-17-10-13-22(26)32-24(2,3)4/h9,11-12,23H,7-8,10,13-17H2,1-6H3. The summed E-state index contributed by atoms with van der Waals surface area (Å²) in [5, 5.41) is 0. The largest absolute Gasteiger partial charge is 0.493 e. The molecule has 9 nitrogen and oxygen atoms in total. The number of rotatable bonds is 15. The van der Waals surface area contributed by atoms with E-state index in [2.05, 4.69) is 0 Å². The number of methoxy groups -OCH3 is 1. The Morgan fingerprint density at radius 2 is 1.71 bits per heavy atom. The van der Waals surface area contributed by atoms with Crippen molar-refractivity contribution in [3.63, 3.8) is 0 Å². The number of esters is 2. The van der Waals surface area contributed by atoms with Crippen molar-refractivity contribution in [2.45, 2.75) is 84.5 Å². The van der Waals surface area contributed by atoms with E-state index in [1.807, 2.05) is 27.7 Å². The molecular weight excluding hydrogens is 464 g/mol. The zero-order chi connectivity index (χ0) is 25.8. The van der Waals surface area contributed by atoms with Crippen LogP contribution >= 0.6 is 0 Å². The first-order valence-corrected chi connectivity index (χ1v) is 13.2. The number of unbranched alkanes of at least 4 members (excludes halogenated alkanes) is 1. The molecule has 0 heterocycles. The Kier molecular flexibility index (Phi) is 12.4. The highest BCUT2D eigenvalue weighted by atomic mass is 32.2. The van der Waals surface area contributed by atoms with Crippen LogP contribution in [-0.4, -0.2) is 52.2 Å². The fraction of sp³-hybridized carbons (Fsp3) is 0.667. The van der Waals surface area contributed by atoms with Crippen LogP contribution in [0.15, 0.2) is 18.2 Å². The van der Waals surface area contributed by atoms with Gasteiger partial charge in [-0.25, -0.2) is 4.18 Å². The Bertz CT molecular complexity index is 888. The number of benzene rings is 1. The summed E-state index contributed by atoms with van der Waals surface area (Å²) < 4.78 is 50.3. The van der Waals surface area contributed by atoms with Crippen molar-refractivity contribution < 1.29 is 41.1 Å². The molecule has 0 amide bonds. The van der Waals surface area contributed by atoms with Crippen molar-refractivity contribution in [3.05, 3.63) is 23.8 Å². The molecule has 1 aromatic rings. The second kappa shape index (κ2) is 14.2. The summed E-state index contributed by atoms with van der Waals surface area (Å²) in [6, 6.07) is 5.10. The fourth-order valence-corrected chi connectivity index (χ4v) is 3.52. The van der Waals surface area contributed by atoms with E-state index in [0.717, 1.165) is 12.7 Å². The van der Waals surface area contributed by atoms with E-state index in [1.165, 1.54) is 7.11 Å². The average Bonchev–Trinajstić information content (AvgIpc) is 2.71. The molecule has 0 radical (unpaired) electrons. The number of carbonyl (C=O) groups excluding carboxylic acids is 2. The number of hydrogen-bond acceptors (Lipinski definition) is 9. The molecule has 0 N–H and O–H groups in total. The van der Waals surface area contributed by atoms with Gasteiger partial charge in [0.25, 0.3) is 10.1 Å². The van der Waals surface area contributed by atoms with Gasteiger partial charge in [-0.15, -0.1) is 0 Å². The Balaban J connectivity index is 3.00. The van der Waals surface area contributed by atoms with Gasteiger partial charge in [-0.05, 0) is 52.2 Å². The average molecular weight is 503 g/mol. The first kappa shape index (κ1) is 29.7. The molecule has 1 atom stereocenters. The van der Waals surface area contributed by atoms with E-state index in [9.17, 15) is 18.0 Å². The van der Waals surface area contributed by atoms with Gasteiger partial charge < -0.3 is 18.9 Å². The summed E-state index contributed by atoms with van der Waals surface area (Å²) in [7, 11) is -2.43. The highest BCUT2D eigenvalue weighted by Crippen LogP contribution is 2.32. The van der Waals surface area contributed by atoms with Gasteiger partial charge in [-0.1, -0.05) is 19.4 Å². The first-order chi connectivity index (χ1) is 15.8. The first-order valence-electron chi connectivity index (χ1n) is 11.4. The summed E-state index contributed by atoms with van der Waals surface area (Å²) >= 11 is 0. The predicted octanol–water partition coefficient (Wildman–Crippen LogP) is 4.16. The molecule has 0 aromatic heterocycles. The lowest BCUT2D eigenvalue weighted by atomic mass is 10.1. The Hall–Kier alpha value is -2.33. The van der Waals surface area contributed by atoms with Crippen LogP contribution in [0.1, 0.15) is 71.8 Å². The van der Waals surface area contributed by atoms with Crippen LogP contribution in [-0.2, 0) is 39.8 Å². The van der Waals surface area contributed by atoms with Gasteiger partial charge in [0.2, 0.25) is 6.29 Å². The van der Waals surface area contributed by atoms with Gasteiger partial charge in [0.1, 0.15) is 17.1 Å². The summed E-state index contributed by atoms with van der Waals surface area (Å²) in [6.45, 7) is 7.64. The van der Waals surface area contributed by atoms with E-state index in [-0.39, 0.29) is 31.8 Å². The van der Waals surface area contributed by atoms with Gasteiger partial charge in [-0.3, -0.25) is 9.59 Å². The molecule has 0 saturated carbocycles. The molecule has 1 rings (SSSR count). The molecule has 1 unspecified atom stereocenters. The lowest BCUT2D eigenvalue weighted by molar-refractivity contribution is -0.155. The summed E-state index contributed by atoms with van der Waals surface area (Å²) in [6.07, 6.45) is 2.86. The SMILES string of the molecule is CCCCC(Oc1cccc(OCCCC(=O)OC(C)(C)C)c1CCC(=O)OC)OS(C)(=O)=O. The molecule has 0 spiro atoms. The van der Waals surface area contributed by atoms with Gasteiger partial charge >= 0.3 is 11.9 Å². The molecule has 0 aliphatic rings. The van der Waals surface area contributed by atoms with Crippen LogP contribution in [0.3, 0.4) is 0 Å². The highest BCUT2D eigenvalue weighted by molar-refractivity contribution is 7.86. The van der Waals surface area contributed by atoms with Gasteiger partial charge in [-0.2, -0.15) is 8.42 Å². The maximum absolute atomic E-state index is 11.9. The lowest BCUT2D eigenvalue weighted by Crippen LogP contribution is -2.24. The normalized spacial score (nSPS) is 12.6. The molecular formula is C24H38O9S. The minimum Gasteiger partial charge on any atom is -0.493 e. The third-order valence-corrected chi connectivity index (χ3v) is 5.00.